The monoisotopic (exact) mass is 173 g/mol. The minimum Gasteiger partial charge on any atom is -0.346 e. The van der Waals surface area contributed by atoms with Crippen molar-refractivity contribution < 1.29 is 4.52 Å². The van der Waals surface area contributed by atoms with Gasteiger partial charge in [0.15, 0.2) is 0 Å². The maximum absolute atomic E-state index is 5.29. The summed E-state index contributed by atoms with van der Waals surface area (Å²) in [5, 5.41) is 0. The molecule has 0 aliphatic carbocycles. The quantitative estimate of drug-likeness (QED) is 0.475. The van der Waals surface area contributed by atoms with Crippen LogP contribution in [0.5, 0.6) is 0 Å². The van der Waals surface area contributed by atoms with Crippen LogP contribution in [0.3, 0.4) is 0 Å². The van der Waals surface area contributed by atoms with Crippen molar-refractivity contribution in [3.05, 3.63) is 0 Å². The van der Waals surface area contributed by atoms with Gasteiger partial charge in [0.1, 0.15) is 8.30 Å². The highest BCUT2D eigenvalue weighted by molar-refractivity contribution is 7.50. The third-order valence-electron chi connectivity index (χ3n) is 1.44. The molecule has 0 radical (unpaired) electrons. The molecule has 3 heteroatoms. The van der Waals surface area contributed by atoms with Gasteiger partial charge in [-0.1, -0.05) is 12.8 Å². The third-order valence-corrected chi connectivity index (χ3v) is 3.33. The van der Waals surface area contributed by atoms with Crippen LogP contribution in [0.1, 0.15) is 13.8 Å². The van der Waals surface area contributed by atoms with E-state index < -0.39 is 8.30 Å². The zero-order chi connectivity index (χ0) is 8.69. The number of hydrogen-bond donors (Lipinski definition) is 0. The molecule has 0 aliphatic rings. The predicted octanol–water partition coefficient (Wildman–Crippen LogP) is 1.92. The fourth-order valence-electron chi connectivity index (χ4n) is 0.629. The van der Waals surface area contributed by atoms with E-state index in [1.54, 1.807) is 7.11 Å². The molecule has 0 rings (SSSR count). The fourth-order valence-corrected chi connectivity index (χ4v) is 1.89. The van der Waals surface area contributed by atoms with E-state index in [0.29, 0.717) is 0 Å². The summed E-state index contributed by atoms with van der Waals surface area (Å²) in [7, 11) is 3.34. The van der Waals surface area contributed by atoms with Crippen molar-refractivity contribution in [1.29, 1.82) is 0 Å². The summed E-state index contributed by atoms with van der Waals surface area (Å²) in [5.74, 6) is 5.90. The van der Waals surface area contributed by atoms with Gasteiger partial charge < -0.3 is 4.52 Å². The van der Waals surface area contributed by atoms with Gasteiger partial charge in [-0.2, -0.15) is 0 Å². The molecule has 0 spiro atoms. The van der Waals surface area contributed by atoms with Crippen molar-refractivity contribution in [1.82, 2.24) is 4.67 Å². The van der Waals surface area contributed by atoms with Crippen molar-refractivity contribution in [2.75, 3.05) is 26.9 Å². The largest absolute Gasteiger partial charge is 0.346 e. The molecule has 0 amide bonds. The average Bonchev–Trinajstić information content (AvgIpc) is 2.05. The molecular weight excluding hydrogens is 157 g/mol. The van der Waals surface area contributed by atoms with E-state index in [2.05, 4.69) is 30.5 Å². The lowest BCUT2D eigenvalue weighted by molar-refractivity contribution is 0.405. The minimum absolute atomic E-state index is 0.466. The van der Waals surface area contributed by atoms with Crippen LogP contribution >= 0.6 is 8.30 Å². The van der Waals surface area contributed by atoms with Crippen LogP contribution in [0.2, 0.25) is 0 Å². The first-order valence-electron chi connectivity index (χ1n) is 3.68. The molecule has 0 saturated heterocycles. The Bertz CT molecular complexity index is 150. The Kier molecular flexibility index (Phi) is 6.56. The van der Waals surface area contributed by atoms with E-state index in [0.717, 1.165) is 12.7 Å². The minimum atomic E-state index is -0.466. The van der Waals surface area contributed by atoms with Crippen molar-refractivity contribution >= 4 is 8.30 Å². The molecule has 1 atom stereocenters. The summed E-state index contributed by atoms with van der Waals surface area (Å²) in [6.45, 7) is 4.99. The zero-order valence-corrected chi connectivity index (χ0v) is 8.61. The Morgan fingerprint density at radius 2 is 2.18 bits per heavy atom. The summed E-state index contributed by atoms with van der Waals surface area (Å²) in [4.78, 5) is 0. The maximum Gasteiger partial charge on any atom is 0.115 e. The summed E-state index contributed by atoms with van der Waals surface area (Å²) in [5.41, 5.74) is 0. The molecular formula is C8H16NOP. The Labute approximate surface area is 70.8 Å². The van der Waals surface area contributed by atoms with E-state index in [1.165, 1.54) is 0 Å². The van der Waals surface area contributed by atoms with Gasteiger partial charge in [0.2, 0.25) is 0 Å². The second-order valence-corrected chi connectivity index (χ2v) is 4.16. The van der Waals surface area contributed by atoms with Crippen LogP contribution in [0.4, 0.5) is 0 Å². The molecule has 0 aromatic rings. The lowest BCUT2D eigenvalue weighted by Gasteiger charge is -2.22. The molecule has 0 fully saturated rings. The van der Waals surface area contributed by atoms with E-state index >= 15 is 0 Å². The summed E-state index contributed by atoms with van der Waals surface area (Å²) in [6, 6.07) is 0. The zero-order valence-electron chi connectivity index (χ0n) is 7.72. The molecule has 1 unspecified atom stereocenters. The highest BCUT2D eigenvalue weighted by atomic mass is 31.2. The second kappa shape index (κ2) is 6.61. The van der Waals surface area contributed by atoms with Crippen LogP contribution in [-0.4, -0.2) is 31.5 Å². The molecule has 0 aliphatic heterocycles. The van der Waals surface area contributed by atoms with E-state index in [4.69, 9.17) is 4.52 Å². The van der Waals surface area contributed by atoms with Gasteiger partial charge in [-0.25, -0.2) is 0 Å². The van der Waals surface area contributed by atoms with Crippen LogP contribution < -0.4 is 0 Å². The molecule has 0 heterocycles. The molecule has 0 saturated carbocycles. The summed E-state index contributed by atoms with van der Waals surface area (Å²) >= 11 is 0. The Hall–Kier alpha value is -0.0900. The normalized spacial score (nSPS) is 12.5. The molecule has 0 aromatic heterocycles. The second-order valence-electron chi connectivity index (χ2n) is 2.09. The molecule has 0 N–H and O–H groups in total. The number of nitrogens with zero attached hydrogens (tertiary/aromatic N) is 1. The Morgan fingerprint density at radius 3 is 2.55 bits per heavy atom. The van der Waals surface area contributed by atoms with Gasteiger partial charge in [0, 0.05) is 13.7 Å². The van der Waals surface area contributed by atoms with Crippen molar-refractivity contribution in [3.8, 4) is 11.8 Å². The van der Waals surface area contributed by atoms with Crippen molar-refractivity contribution in [2.45, 2.75) is 13.8 Å². The summed E-state index contributed by atoms with van der Waals surface area (Å²) < 4.78 is 7.49. The van der Waals surface area contributed by atoms with E-state index in [-0.39, 0.29) is 0 Å². The smallest absolute Gasteiger partial charge is 0.115 e. The molecule has 0 aromatic carbocycles. The van der Waals surface area contributed by atoms with Gasteiger partial charge >= 0.3 is 0 Å². The standard InChI is InChI=1S/C8H16NOP/c1-5-7-8-11(10-4)9(3)6-2/h6,8H2,1-4H3. The molecule has 2 nitrogen and oxygen atoms in total. The SMILES string of the molecule is CC#CCP(OC)N(C)CC. The van der Waals surface area contributed by atoms with E-state index in [1.807, 2.05) is 6.92 Å². The van der Waals surface area contributed by atoms with E-state index in [9.17, 15) is 0 Å². The lowest BCUT2D eigenvalue weighted by Crippen LogP contribution is -2.13. The first-order valence-corrected chi connectivity index (χ1v) is 5.08. The fraction of sp³-hybridized carbons (Fsp3) is 0.750. The Balaban J connectivity index is 3.80. The summed E-state index contributed by atoms with van der Waals surface area (Å²) in [6.07, 6.45) is 0.854. The number of rotatable bonds is 4. The van der Waals surface area contributed by atoms with Crippen LogP contribution in [0.25, 0.3) is 0 Å². The molecule has 64 valence electrons. The topological polar surface area (TPSA) is 12.5 Å². The van der Waals surface area contributed by atoms with Gasteiger partial charge in [-0.3, -0.25) is 4.67 Å². The van der Waals surface area contributed by atoms with Crippen molar-refractivity contribution in [2.24, 2.45) is 0 Å². The lowest BCUT2D eigenvalue weighted by atomic mass is 10.7. The van der Waals surface area contributed by atoms with Gasteiger partial charge in [0.05, 0.1) is 6.16 Å². The maximum atomic E-state index is 5.29. The average molecular weight is 173 g/mol. The van der Waals surface area contributed by atoms with Gasteiger partial charge in [-0.15, -0.1) is 5.92 Å². The predicted molar refractivity (Wildman–Crippen MR) is 50.6 cm³/mol. The highest BCUT2D eigenvalue weighted by Crippen LogP contribution is 2.37. The molecule has 0 bridgehead atoms. The molecule has 11 heavy (non-hydrogen) atoms. The van der Waals surface area contributed by atoms with Gasteiger partial charge in [0.25, 0.3) is 0 Å². The Morgan fingerprint density at radius 1 is 1.55 bits per heavy atom. The number of hydrogen-bond acceptors (Lipinski definition) is 2. The van der Waals surface area contributed by atoms with Crippen LogP contribution in [0, 0.1) is 11.8 Å². The van der Waals surface area contributed by atoms with Gasteiger partial charge in [-0.05, 0) is 14.0 Å². The first kappa shape index (κ1) is 10.9. The first-order chi connectivity index (χ1) is 5.26. The third kappa shape index (κ3) is 4.37. The van der Waals surface area contributed by atoms with Crippen LogP contribution in [0.15, 0.2) is 0 Å². The van der Waals surface area contributed by atoms with Crippen LogP contribution in [-0.2, 0) is 4.52 Å². The highest BCUT2D eigenvalue weighted by Gasteiger charge is 2.09. The van der Waals surface area contributed by atoms with Crippen molar-refractivity contribution in [3.63, 3.8) is 0 Å².